The van der Waals surface area contributed by atoms with Gasteiger partial charge in [-0.05, 0) is 0 Å². The van der Waals surface area contributed by atoms with E-state index in [-0.39, 0.29) is 0 Å². The zero-order valence-electron chi connectivity index (χ0n) is 7.81. The molecule has 0 aromatic rings. The second kappa shape index (κ2) is 5.48. The first-order chi connectivity index (χ1) is 5.86. The molecule has 0 spiro atoms. The van der Waals surface area contributed by atoms with Gasteiger partial charge in [0, 0.05) is 0 Å². The zero-order chi connectivity index (χ0) is 8.81. The van der Waals surface area contributed by atoms with Gasteiger partial charge in [-0.1, -0.05) is 0 Å². The first-order valence-corrected chi connectivity index (χ1v) is 4.94. The van der Waals surface area contributed by atoms with E-state index < -0.39 is 0 Å². The molecule has 0 radical (unpaired) electrons. The van der Waals surface area contributed by atoms with Crippen LogP contribution in [0.25, 0.3) is 0 Å². The van der Waals surface area contributed by atoms with Gasteiger partial charge in [0.15, 0.2) is 0 Å². The maximum absolute atomic E-state index is 8.75. The van der Waals surface area contributed by atoms with Gasteiger partial charge in [0.05, 0.1) is 6.61 Å². The average Bonchev–Trinajstić information content (AvgIpc) is 2.09. The summed E-state index contributed by atoms with van der Waals surface area (Å²) in [5.41, 5.74) is 3.87. The Hall–Kier alpha value is -0.160. The summed E-state index contributed by atoms with van der Waals surface area (Å²) in [5, 5.41) is 8.75. The van der Waals surface area contributed by atoms with Crippen molar-refractivity contribution in [3.05, 3.63) is 0 Å². The van der Waals surface area contributed by atoms with Crippen molar-refractivity contribution in [2.24, 2.45) is 0 Å². The van der Waals surface area contributed by atoms with E-state index in [0.29, 0.717) is 6.61 Å². The molecule has 72 valence electrons. The summed E-state index contributed by atoms with van der Waals surface area (Å²) in [6.07, 6.45) is 0. The first kappa shape index (κ1) is 9.92. The molecule has 0 bridgehead atoms. The van der Waals surface area contributed by atoms with E-state index in [0.717, 1.165) is 13.1 Å². The second-order valence-corrected chi connectivity index (χ2v) is 3.58. The molecule has 4 nitrogen and oxygen atoms in total. The number of aliphatic hydroxyl groups excluding tert-OH is 1. The normalized spacial score (nSPS) is 30.5. The summed E-state index contributed by atoms with van der Waals surface area (Å²) in [4.78, 5) is 3.25. The van der Waals surface area contributed by atoms with Crippen LogP contribution in [0.3, 0.4) is 0 Å². The Morgan fingerprint density at radius 2 is 1.50 bits per heavy atom. The van der Waals surface area contributed by atoms with Crippen molar-refractivity contribution in [2.75, 3.05) is 52.4 Å². The third-order valence-electron chi connectivity index (χ3n) is 2.66. The highest BCUT2D eigenvalue weighted by atomic mass is 16.3. The molecule has 4 heteroatoms. The number of quaternary nitrogens is 3. The molecule has 1 fully saturated rings. The number of aliphatic hydroxyl groups is 1. The predicted octanol–water partition coefficient (Wildman–Crippen LogP) is -5.00. The standard InChI is InChI=1S/C8H19N3O/c9-1-2-10-3-5-11(6-4-10)7-8-12/h12H,1-9H2/p+3. The molecular formula is C8H22N3O+3. The van der Waals surface area contributed by atoms with Gasteiger partial charge in [0.1, 0.15) is 45.8 Å². The van der Waals surface area contributed by atoms with Crippen molar-refractivity contribution < 1.29 is 20.6 Å². The summed E-state index contributed by atoms with van der Waals surface area (Å²) in [6, 6.07) is 0. The highest BCUT2D eigenvalue weighted by molar-refractivity contribution is 4.38. The van der Waals surface area contributed by atoms with Crippen molar-refractivity contribution in [3.8, 4) is 0 Å². The van der Waals surface area contributed by atoms with Gasteiger partial charge >= 0.3 is 0 Å². The Bertz CT molecular complexity index is 98.9. The lowest BCUT2D eigenvalue weighted by molar-refractivity contribution is -1.01. The minimum atomic E-state index is 0.333. The fourth-order valence-electron chi connectivity index (χ4n) is 1.87. The van der Waals surface area contributed by atoms with Gasteiger partial charge in [0.2, 0.25) is 0 Å². The van der Waals surface area contributed by atoms with Crippen molar-refractivity contribution >= 4 is 0 Å². The van der Waals surface area contributed by atoms with Gasteiger partial charge in [-0.15, -0.1) is 0 Å². The number of nitrogens with one attached hydrogen (secondary N) is 2. The Labute approximate surface area is 73.9 Å². The Kier molecular flexibility index (Phi) is 4.53. The number of rotatable bonds is 4. The van der Waals surface area contributed by atoms with Crippen LogP contribution in [-0.4, -0.2) is 57.5 Å². The molecular weight excluding hydrogens is 154 g/mol. The highest BCUT2D eigenvalue weighted by Crippen LogP contribution is 1.58. The molecule has 1 aliphatic rings. The first-order valence-electron chi connectivity index (χ1n) is 4.94. The van der Waals surface area contributed by atoms with Gasteiger partial charge in [0.25, 0.3) is 0 Å². The van der Waals surface area contributed by atoms with E-state index in [1.165, 1.54) is 32.7 Å². The lowest BCUT2D eigenvalue weighted by Gasteiger charge is -2.28. The molecule has 0 unspecified atom stereocenters. The van der Waals surface area contributed by atoms with Crippen LogP contribution in [0.15, 0.2) is 0 Å². The molecule has 1 saturated heterocycles. The monoisotopic (exact) mass is 176 g/mol. The molecule has 0 aromatic carbocycles. The van der Waals surface area contributed by atoms with Gasteiger partial charge in [-0.2, -0.15) is 0 Å². The minimum absolute atomic E-state index is 0.333. The summed E-state index contributed by atoms with van der Waals surface area (Å²) in [5.74, 6) is 0. The molecule has 6 N–H and O–H groups in total. The Morgan fingerprint density at radius 1 is 1.00 bits per heavy atom. The lowest BCUT2D eigenvalue weighted by Crippen LogP contribution is -3.28. The van der Waals surface area contributed by atoms with Gasteiger partial charge in [-0.25, -0.2) is 0 Å². The van der Waals surface area contributed by atoms with E-state index in [2.05, 4.69) is 5.73 Å². The van der Waals surface area contributed by atoms with Crippen LogP contribution in [0, 0.1) is 0 Å². The molecule has 0 saturated carbocycles. The largest absolute Gasteiger partial charge is 0.391 e. The summed E-state index contributed by atoms with van der Waals surface area (Å²) >= 11 is 0. The predicted molar refractivity (Wildman–Crippen MR) is 46.0 cm³/mol. The maximum atomic E-state index is 8.75. The zero-order valence-corrected chi connectivity index (χ0v) is 7.81. The van der Waals surface area contributed by atoms with E-state index in [4.69, 9.17) is 5.11 Å². The Morgan fingerprint density at radius 3 is 1.92 bits per heavy atom. The van der Waals surface area contributed by atoms with Crippen LogP contribution in [0.5, 0.6) is 0 Å². The van der Waals surface area contributed by atoms with Crippen molar-refractivity contribution in [2.45, 2.75) is 0 Å². The highest BCUT2D eigenvalue weighted by Gasteiger charge is 2.21. The van der Waals surface area contributed by atoms with Crippen LogP contribution in [0.4, 0.5) is 0 Å². The van der Waals surface area contributed by atoms with E-state index in [1.807, 2.05) is 0 Å². The average molecular weight is 176 g/mol. The van der Waals surface area contributed by atoms with Crippen LogP contribution >= 0.6 is 0 Å². The molecule has 0 atom stereocenters. The molecule has 1 aliphatic heterocycles. The fraction of sp³-hybridized carbons (Fsp3) is 1.00. The van der Waals surface area contributed by atoms with Gasteiger partial charge < -0.3 is 20.6 Å². The second-order valence-electron chi connectivity index (χ2n) is 3.58. The topological polar surface area (TPSA) is 56.8 Å². The van der Waals surface area contributed by atoms with E-state index in [1.54, 1.807) is 9.80 Å². The number of hydrogen-bond acceptors (Lipinski definition) is 1. The summed E-state index contributed by atoms with van der Waals surface area (Å²) in [7, 11) is 0. The van der Waals surface area contributed by atoms with Crippen molar-refractivity contribution in [1.82, 2.24) is 0 Å². The van der Waals surface area contributed by atoms with Crippen molar-refractivity contribution in [1.29, 1.82) is 0 Å². The van der Waals surface area contributed by atoms with Crippen LogP contribution < -0.4 is 15.5 Å². The smallest absolute Gasteiger partial charge is 0.127 e. The summed E-state index contributed by atoms with van der Waals surface area (Å²) < 4.78 is 0. The maximum Gasteiger partial charge on any atom is 0.127 e. The molecule has 0 aliphatic carbocycles. The number of hydrogen-bond donors (Lipinski definition) is 4. The summed E-state index contributed by atoms with van der Waals surface area (Å²) in [6.45, 7) is 8.47. The fourth-order valence-corrected chi connectivity index (χ4v) is 1.87. The number of piperazine rings is 1. The van der Waals surface area contributed by atoms with Gasteiger partial charge in [-0.3, -0.25) is 0 Å². The molecule has 12 heavy (non-hydrogen) atoms. The third kappa shape index (κ3) is 3.06. The molecule has 1 heterocycles. The molecule has 0 aromatic heterocycles. The molecule has 1 rings (SSSR count). The van der Waals surface area contributed by atoms with Crippen LogP contribution in [0.2, 0.25) is 0 Å². The van der Waals surface area contributed by atoms with E-state index >= 15 is 0 Å². The molecule has 0 amide bonds. The van der Waals surface area contributed by atoms with Crippen molar-refractivity contribution in [3.63, 3.8) is 0 Å². The third-order valence-corrected chi connectivity index (χ3v) is 2.66. The SMILES string of the molecule is [NH3+]CC[NH+]1CC[NH+](CCO)CC1. The van der Waals surface area contributed by atoms with E-state index in [9.17, 15) is 0 Å². The van der Waals surface area contributed by atoms with Crippen LogP contribution in [0.1, 0.15) is 0 Å². The van der Waals surface area contributed by atoms with Crippen LogP contribution in [-0.2, 0) is 0 Å². The lowest BCUT2D eigenvalue weighted by atomic mass is 10.3. The minimum Gasteiger partial charge on any atom is -0.391 e. The Balaban J connectivity index is 2.11. The quantitative estimate of drug-likeness (QED) is 0.341.